The molecule has 0 amide bonds. The number of allylic oxidation sites excluding steroid dienone is 1. The lowest BCUT2D eigenvalue weighted by Crippen LogP contribution is -1.97. The molecule has 31 heavy (non-hydrogen) atoms. The topological polar surface area (TPSA) is 28.7 Å². The van der Waals surface area contributed by atoms with Gasteiger partial charge in [-0.2, -0.15) is 5.26 Å². The van der Waals surface area contributed by atoms with Crippen LogP contribution in [-0.4, -0.2) is 4.57 Å². The van der Waals surface area contributed by atoms with Crippen LogP contribution in [-0.2, 0) is 6.54 Å². The van der Waals surface area contributed by atoms with E-state index < -0.39 is 0 Å². The van der Waals surface area contributed by atoms with Crippen LogP contribution in [0, 0.1) is 17.1 Å². The van der Waals surface area contributed by atoms with Crippen LogP contribution in [0.1, 0.15) is 16.7 Å². The van der Waals surface area contributed by atoms with Crippen molar-refractivity contribution in [2.24, 2.45) is 0 Å². The summed E-state index contributed by atoms with van der Waals surface area (Å²) in [4.78, 5) is 0. The number of fused-ring (bicyclic) bond motifs is 2. The highest BCUT2D eigenvalue weighted by atomic mass is 19.1. The summed E-state index contributed by atoms with van der Waals surface area (Å²) in [6.45, 7) is 0.631. The van der Waals surface area contributed by atoms with Crippen LogP contribution < -0.4 is 0 Å². The SMILES string of the molecule is N#C/C(=C/c1cn(Cc2ccc(F)cc2)c2ccccc12)c1ccc2ccccc2c1. The fourth-order valence-corrected chi connectivity index (χ4v) is 4.00. The minimum absolute atomic E-state index is 0.237. The van der Waals surface area contributed by atoms with Gasteiger partial charge in [-0.25, -0.2) is 4.39 Å². The van der Waals surface area contributed by atoms with E-state index in [1.807, 2.05) is 42.5 Å². The van der Waals surface area contributed by atoms with Gasteiger partial charge in [-0.15, -0.1) is 0 Å². The van der Waals surface area contributed by atoms with Gasteiger partial charge in [0.2, 0.25) is 0 Å². The van der Waals surface area contributed by atoms with Crippen molar-refractivity contribution in [3.05, 3.63) is 120 Å². The number of hydrogen-bond donors (Lipinski definition) is 0. The van der Waals surface area contributed by atoms with Gasteiger partial charge in [0.15, 0.2) is 0 Å². The molecule has 0 aliphatic rings. The molecule has 0 bridgehead atoms. The van der Waals surface area contributed by atoms with Crippen LogP contribution >= 0.6 is 0 Å². The van der Waals surface area contributed by atoms with Gasteiger partial charge in [-0.1, -0.05) is 66.7 Å². The first-order valence-corrected chi connectivity index (χ1v) is 10.1. The van der Waals surface area contributed by atoms with Gasteiger partial charge in [-0.3, -0.25) is 0 Å². The molecule has 3 heteroatoms. The zero-order chi connectivity index (χ0) is 21.2. The molecule has 5 rings (SSSR count). The van der Waals surface area contributed by atoms with Crippen molar-refractivity contribution < 1.29 is 4.39 Å². The minimum atomic E-state index is -0.237. The Morgan fingerprint density at radius 1 is 0.871 bits per heavy atom. The number of nitriles is 1. The van der Waals surface area contributed by atoms with Crippen LogP contribution in [0.25, 0.3) is 33.3 Å². The van der Waals surface area contributed by atoms with E-state index in [1.54, 1.807) is 12.1 Å². The lowest BCUT2D eigenvalue weighted by Gasteiger charge is -2.05. The molecule has 0 unspecified atom stereocenters. The lowest BCUT2D eigenvalue weighted by atomic mass is 10.00. The van der Waals surface area contributed by atoms with E-state index in [1.165, 1.54) is 12.1 Å². The molecule has 148 valence electrons. The van der Waals surface area contributed by atoms with Crippen LogP contribution in [0.15, 0.2) is 97.2 Å². The summed E-state index contributed by atoms with van der Waals surface area (Å²) < 4.78 is 15.4. The van der Waals surface area contributed by atoms with Gasteiger partial charge in [0.05, 0.1) is 11.6 Å². The summed E-state index contributed by atoms with van der Waals surface area (Å²) in [6.07, 6.45) is 4.01. The predicted octanol–water partition coefficient (Wildman–Crippen LogP) is 7.05. The summed E-state index contributed by atoms with van der Waals surface area (Å²) in [5, 5.41) is 13.2. The number of aromatic nitrogens is 1. The average molecular weight is 402 g/mol. The smallest absolute Gasteiger partial charge is 0.123 e. The van der Waals surface area contributed by atoms with Gasteiger partial charge >= 0.3 is 0 Å². The molecule has 0 fully saturated rings. The van der Waals surface area contributed by atoms with Crippen LogP contribution in [0.2, 0.25) is 0 Å². The van der Waals surface area contributed by atoms with E-state index in [4.69, 9.17) is 0 Å². The zero-order valence-electron chi connectivity index (χ0n) is 16.8. The van der Waals surface area contributed by atoms with Crippen molar-refractivity contribution in [3.63, 3.8) is 0 Å². The minimum Gasteiger partial charge on any atom is -0.342 e. The van der Waals surface area contributed by atoms with E-state index in [2.05, 4.69) is 47.2 Å². The Bertz CT molecular complexity index is 1470. The third-order valence-electron chi connectivity index (χ3n) is 5.57. The van der Waals surface area contributed by atoms with Gasteiger partial charge in [0.25, 0.3) is 0 Å². The second kappa shape index (κ2) is 7.93. The summed E-state index contributed by atoms with van der Waals surface area (Å²) in [7, 11) is 0. The summed E-state index contributed by atoms with van der Waals surface area (Å²) in [5.74, 6) is -0.237. The molecule has 1 heterocycles. The Balaban J connectivity index is 1.59. The van der Waals surface area contributed by atoms with E-state index >= 15 is 0 Å². The van der Waals surface area contributed by atoms with Crippen molar-refractivity contribution in [1.29, 1.82) is 5.26 Å². The Morgan fingerprint density at radius 2 is 1.61 bits per heavy atom. The Labute approximate surface area is 180 Å². The van der Waals surface area contributed by atoms with Crippen molar-refractivity contribution >= 4 is 33.3 Å². The van der Waals surface area contributed by atoms with Gasteiger partial charge in [0.1, 0.15) is 5.82 Å². The molecule has 0 aliphatic heterocycles. The lowest BCUT2D eigenvalue weighted by molar-refractivity contribution is 0.626. The maximum atomic E-state index is 13.3. The molecule has 5 aromatic rings. The molecule has 1 aromatic heterocycles. The molecule has 0 saturated heterocycles. The summed E-state index contributed by atoms with van der Waals surface area (Å²) in [5.41, 5.74) is 4.61. The van der Waals surface area contributed by atoms with Crippen LogP contribution in [0.3, 0.4) is 0 Å². The molecule has 0 spiro atoms. The molecule has 4 aromatic carbocycles. The molecule has 2 nitrogen and oxygen atoms in total. The second-order valence-corrected chi connectivity index (χ2v) is 7.59. The van der Waals surface area contributed by atoms with Crippen molar-refractivity contribution in [3.8, 4) is 6.07 Å². The highest BCUT2D eigenvalue weighted by Crippen LogP contribution is 2.28. The van der Waals surface area contributed by atoms with E-state index in [-0.39, 0.29) is 5.82 Å². The van der Waals surface area contributed by atoms with Gasteiger partial charge < -0.3 is 4.57 Å². The normalized spacial score (nSPS) is 11.7. The number of hydrogen-bond acceptors (Lipinski definition) is 1. The van der Waals surface area contributed by atoms with Crippen molar-refractivity contribution in [2.45, 2.75) is 6.54 Å². The third kappa shape index (κ3) is 3.72. The molecule has 0 radical (unpaired) electrons. The number of nitrogens with zero attached hydrogens (tertiary/aromatic N) is 2. The van der Waals surface area contributed by atoms with Crippen molar-refractivity contribution in [2.75, 3.05) is 0 Å². The molecular formula is C28H19FN2. The summed E-state index contributed by atoms with van der Waals surface area (Å²) in [6, 6.07) is 31.3. The first-order valence-electron chi connectivity index (χ1n) is 10.1. The summed E-state index contributed by atoms with van der Waals surface area (Å²) >= 11 is 0. The zero-order valence-corrected chi connectivity index (χ0v) is 16.8. The Hall–Kier alpha value is -4.16. The number of benzene rings is 4. The second-order valence-electron chi connectivity index (χ2n) is 7.59. The fraction of sp³-hybridized carbons (Fsp3) is 0.0357. The van der Waals surface area contributed by atoms with Crippen LogP contribution in [0.5, 0.6) is 0 Å². The fourth-order valence-electron chi connectivity index (χ4n) is 4.00. The van der Waals surface area contributed by atoms with E-state index in [0.717, 1.165) is 38.4 Å². The third-order valence-corrected chi connectivity index (χ3v) is 5.57. The standard InChI is InChI=1S/C28H19FN2/c29-26-13-9-20(10-14-26)18-31-19-25(27-7-3-4-8-28(27)31)16-24(17-30)23-12-11-21-5-1-2-6-22(21)15-23/h1-16,19H,18H2/b24-16-. The molecule has 0 aliphatic carbocycles. The maximum absolute atomic E-state index is 13.3. The average Bonchev–Trinajstić information content (AvgIpc) is 3.16. The Kier molecular flexibility index (Phi) is 4.82. The van der Waals surface area contributed by atoms with Crippen LogP contribution in [0.4, 0.5) is 4.39 Å². The largest absolute Gasteiger partial charge is 0.342 e. The first kappa shape index (κ1) is 18.8. The first-order chi connectivity index (χ1) is 15.2. The van der Waals surface area contributed by atoms with Gasteiger partial charge in [-0.05, 0) is 52.2 Å². The molecule has 0 atom stereocenters. The monoisotopic (exact) mass is 402 g/mol. The quantitative estimate of drug-likeness (QED) is 0.296. The van der Waals surface area contributed by atoms with Gasteiger partial charge in [0, 0.05) is 29.2 Å². The number of para-hydroxylation sites is 1. The number of halogens is 1. The van der Waals surface area contributed by atoms with E-state index in [9.17, 15) is 9.65 Å². The predicted molar refractivity (Wildman–Crippen MR) is 125 cm³/mol. The Morgan fingerprint density at radius 3 is 2.42 bits per heavy atom. The highest BCUT2D eigenvalue weighted by molar-refractivity contribution is 5.99. The number of rotatable bonds is 4. The molecule has 0 saturated carbocycles. The molecule has 0 N–H and O–H groups in total. The van der Waals surface area contributed by atoms with Crippen molar-refractivity contribution in [1.82, 2.24) is 4.57 Å². The van der Waals surface area contributed by atoms with E-state index in [0.29, 0.717) is 12.1 Å². The highest BCUT2D eigenvalue weighted by Gasteiger charge is 2.10. The maximum Gasteiger partial charge on any atom is 0.123 e. The molecular weight excluding hydrogens is 383 g/mol.